The minimum atomic E-state index is -0.371. The highest BCUT2D eigenvalue weighted by molar-refractivity contribution is 4.67. The van der Waals surface area contributed by atoms with E-state index in [0.29, 0.717) is 5.92 Å². The van der Waals surface area contributed by atoms with E-state index >= 15 is 0 Å². The minimum Gasteiger partial charge on any atom is -0.350 e. The van der Waals surface area contributed by atoms with Gasteiger partial charge in [-0.25, -0.2) is 0 Å². The van der Waals surface area contributed by atoms with Crippen molar-refractivity contribution in [2.75, 3.05) is 19.8 Å². The fourth-order valence-corrected chi connectivity index (χ4v) is 1.47. The van der Waals surface area contributed by atoms with Crippen LogP contribution in [-0.4, -0.2) is 25.5 Å². The molecule has 1 saturated heterocycles. The lowest BCUT2D eigenvalue weighted by atomic mass is 10.0. The summed E-state index contributed by atoms with van der Waals surface area (Å²) >= 11 is 0. The van der Waals surface area contributed by atoms with Gasteiger partial charge in [0.05, 0.1) is 13.2 Å². The molecule has 2 N–H and O–H groups in total. The van der Waals surface area contributed by atoms with E-state index in [2.05, 4.69) is 0 Å². The van der Waals surface area contributed by atoms with Gasteiger partial charge in [-0.15, -0.1) is 0 Å². The molecule has 1 aliphatic heterocycles. The summed E-state index contributed by atoms with van der Waals surface area (Å²) in [6, 6.07) is 0. The standard InChI is InChI=1S/C10H21NO2/c1-10(2)12-7-9(8-13-10)5-3-4-6-11/h9H,3-8,11H2,1-2H3. The molecule has 0 saturated carbocycles. The summed E-state index contributed by atoms with van der Waals surface area (Å²) in [5.41, 5.74) is 5.42. The van der Waals surface area contributed by atoms with Gasteiger partial charge < -0.3 is 15.2 Å². The SMILES string of the molecule is CC1(C)OCC(CCCCN)CO1. The maximum atomic E-state index is 5.56. The number of ether oxygens (including phenoxy) is 2. The van der Waals surface area contributed by atoms with Gasteiger partial charge in [-0.1, -0.05) is 6.42 Å². The summed E-state index contributed by atoms with van der Waals surface area (Å²) in [7, 11) is 0. The van der Waals surface area contributed by atoms with Gasteiger partial charge in [-0.3, -0.25) is 0 Å². The molecule has 0 aromatic rings. The first-order chi connectivity index (χ1) is 6.14. The van der Waals surface area contributed by atoms with E-state index in [1.165, 1.54) is 12.8 Å². The van der Waals surface area contributed by atoms with Crippen LogP contribution in [0.2, 0.25) is 0 Å². The topological polar surface area (TPSA) is 44.5 Å². The van der Waals surface area contributed by atoms with E-state index in [1.54, 1.807) is 0 Å². The molecule has 1 heterocycles. The van der Waals surface area contributed by atoms with Crippen molar-refractivity contribution in [2.45, 2.75) is 38.9 Å². The van der Waals surface area contributed by atoms with E-state index in [0.717, 1.165) is 26.2 Å². The molecule has 0 spiro atoms. The second-order valence-corrected chi connectivity index (χ2v) is 4.17. The van der Waals surface area contributed by atoms with Crippen LogP contribution in [-0.2, 0) is 9.47 Å². The van der Waals surface area contributed by atoms with Gasteiger partial charge in [0.2, 0.25) is 0 Å². The summed E-state index contributed by atoms with van der Waals surface area (Å²) in [5, 5.41) is 0. The van der Waals surface area contributed by atoms with Gasteiger partial charge in [0.1, 0.15) is 0 Å². The lowest BCUT2D eigenvalue weighted by molar-refractivity contribution is -0.262. The van der Waals surface area contributed by atoms with Crippen LogP contribution >= 0.6 is 0 Å². The number of rotatable bonds is 4. The molecule has 0 aromatic heterocycles. The average molecular weight is 187 g/mol. The van der Waals surface area contributed by atoms with Gasteiger partial charge in [0.25, 0.3) is 0 Å². The Labute approximate surface area is 80.6 Å². The molecule has 1 rings (SSSR count). The number of unbranched alkanes of at least 4 members (excludes halogenated alkanes) is 1. The Morgan fingerprint density at radius 1 is 1.23 bits per heavy atom. The number of hydrogen-bond donors (Lipinski definition) is 1. The summed E-state index contributed by atoms with van der Waals surface area (Å²) < 4.78 is 11.1. The molecule has 3 nitrogen and oxygen atoms in total. The van der Waals surface area contributed by atoms with Crippen molar-refractivity contribution in [2.24, 2.45) is 11.7 Å². The predicted octanol–water partition coefficient (Wildman–Crippen LogP) is 1.51. The lowest BCUT2D eigenvalue weighted by Gasteiger charge is -2.35. The Morgan fingerprint density at radius 3 is 2.38 bits per heavy atom. The van der Waals surface area contributed by atoms with Crippen molar-refractivity contribution in [1.29, 1.82) is 0 Å². The molecule has 0 radical (unpaired) electrons. The fraction of sp³-hybridized carbons (Fsp3) is 1.00. The normalized spacial score (nSPS) is 23.3. The quantitative estimate of drug-likeness (QED) is 0.679. The molecule has 0 amide bonds. The van der Waals surface area contributed by atoms with E-state index in [1.807, 2.05) is 13.8 Å². The van der Waals surface area contributed by atoms with Crippen molar-refractivity contribution in [3.05, 3.63) is 0 Å². The highest BCUT2D eigenvalue weighted by Crippen LogP contribution is 2.23. The van der Waals surface area contributed by atoms with Crippen LogP contribution in [0.4, 0.5) is 0 Å². The van der Waals surface area contributed by atoms with E-state index in [4.69, 9.17) is 15.2 Å². The second kappa shape index (κ2) is 4.94. The van der Waals surface area contributed by atoms with Gasteiger partial charge in [0, 0.05) is 5.92 Å². The lowest BCUT2D eigenvalue weighted by Crippen LogP contribution is -2.39. The zero-order valence-electron chi connectivity index (χ0n) is 8.71. The van der Waals surface area contributed by atoms with Crippen LogP contribution in [0.1, 0.15) is 33.1 Å². The van der Waals surface area contributed by atoms with Crippen LogP contribution in [0, 0.1) is 5.92 Å². The Kier molecular flexibility index (Phi) is 4.16. The van der Waals surface area contributed by atoms with Crippen LogP contribution < -0.4 is 5.73 Å². The molecule has 0 unspecified atom stereocenters. The maximum Gasteiger partial charge on any atom is 0.162 e. The van der Waals surface area contributed by atoms with E-state index in [-0.39, 0.29) is 5.79 Å². The van der Waals surface area contributed by atoms with Crippen LogP contribution in [0.25, 0.3) is 0 Å². The van der Waals surface area contributed by atoms with E-state index < -0.39 is 0 Å². The van der Waals surface area contributed by atoms with E-state index in [9.17, 15) is 0 Å². The fourth-order valence-electron chi connectivity index (χ4n) is 1.47. The van der Waals surface area contributed by atoms with Gasteiger partial charge >= 0.3 is 0 Å². The first-order valence-corrected chi connectivity index (χ1v) is 5.12. The molecule has 3 heteroatoms. The summed E-state index contributed by atoms with van der Waals surface area (Å²) in [6.07, 6.45) is 3.47. The molecule has 0 aromatic carbocycles. The highest BCUT2D eigenvalue weighted by Gasteiger charge is 2.27. The smallest absolute Gasteiger partial charge is 0.162 e. The zero-order chi connectivity index (χ0) is 9.73. The molecule has 1 aliphatic rings. The third-order valence-electron chi connectivity index (χ3n) is 2.40. The van der Waals surface area contributed by atoms with Crippen LogP contribution in [0.5, 0.6) is 0 Å². The number of nitrogens with two attached hydrogens (primary N) is 1. The molecule has 0 aliphatic carbocycles. The molecule has 0 bridgehead atoms. The third-order valence-corrected chi connectivity index (χ3v) is 2.40. The first-order valence-electron chi connectivity index (χ1n) is 5.12. The van der Waals surface area contributed by atoms with Gasteiger partial charge in [-0.2, -0.15) is 0 Å². The average Bonchev–Trinajstić information content (AvgIpc) is 2.08. The van der Waals surface area contributed by atoms with Gasteiger partial charge in [0.15, 0.2) is 5.79 Å². The van der Waals surface area contributed by atoms with Crippen molar-refractivity contribution < 1.29 is 9.47 Å². The Bertz CT molecular complexity index is 138. The second-order valence-electron chi connectivity index (χ2n) is 4.17. The van der Waals surface area contributed by atoms with Gasteiger partial charge in [-0.05, 0) is 33.2 Å². The Hall–Kier alpha value is -0.120. The molecule has 1 fully saturated rings. The van der Waals surface area contributed by atoms with Crippen LogP contribution in [0.15, 0.2) is 0 Å². The van der Waals surface area contributed by atoms with Crippen molar-refractivity contribution in [1.82, 2.24) is 0 Å². The highest BCUT2D eigenvalue weighted by atomic mass is 16.7. The molecule has 0 atom stereocenters. The molecule has 78 valence electrons. The zero-order valence-corrected chi connectivity index (χ0v) is 8.71. The van der Waals surface area contributed by atoms with Crippen molar-refractivity contribution in [3.8, 4) is 0 Å². The Balaban J connectivity index is 2.11. The summed E-state index contributed by atoms with van der Waals surface area (Å²) in [4.78, 5) is 0. The monoisotopic (exact) mass is 187 g/mol. The summed E-state index contributed by atoms with van der Waals surface area (Å²) in [5.74, 6) is 0.198. The largest absolute Gasteiger partial charge is 0.350 e. The van der Waals surface area contributed by atoms with Crippen molar-refractivity contribution >= 4 is 0 Å². The first kappa shape index (κ1) is 11.0. The maximum absolute atomic E-state index is 5.56. The minimum absolute atomic E-state index is 0.371. The summed E-state index contributed by atoms with van der Waals surface area (Å²) in [6.45, 7) is 6.38. The molecular formula is C10H21NO2. The third kappa shape index (κ3) is 4.07. The van der Waals surface area contributed by atoms with Crippen molar-refractivity contribution in [3.63, 3.8) is 0 Å². The Morgan fingerprint density at radius 2 is 1.85 bits per heavy atom. The van der Waals surface area contributed by atoms with Crippen LogP contribution in [0.3, 0.4) is 0 Å². The molecule has 13 heavy (non-hydrogen) atoms. The number of hydrogen-bond acceptors (Lipinski definition) is 3. The molecular weight excluding hydrogens is 166 g/mol. The predicted molar refractivity (Wildman–Crippen MR) is 52.4 cm³/mol.